The molecule has 4 nitrogen and oxygen atoms in total. The molecule has 0 unspecified atom stereocenters. The van der Waals surface area contributed by atoms with E-state index in [4.69, 9.17) is 19.4 Å². The van der Waals surface area contributed by atoms with Crippen molar-refractivity contribution in [3.05, 3.63) is 188 Å². The van der Waals surface area contributed by atoms with Crippen LogP contribution in [0.2, 0.25) is 0 Å². The second kappa shape index (κ2) is 12.9. The second-order valence-electron chi connectivity index (χ2n) is 13.1. The summed E-state index contributed by atoms with van der Waals surface area (Å²) in [5, 5.41) is 4.36. The van der Waals surface area contributed by atoms with Crippen LogP contribution in [0, 0.1) is 0 Å². The number of nitrogens with zero attached hydrogens (tertiary/aromatic N) is 3. The highest BCUT2D eigenvalue weighted by atomic mass is 16.3. The predicted octanol–water partition coefficient (Wildman–Crippen LogP) is 12.9. The molecule has 0 N–H and O–H groups in total. The van der Waals surface area contributed by atoms with Crippen molar-refractivity contribution in [1.29, 1.82) is 0 Å². The summed E-state index contributed by atoms with van der Waals surface area (Å²) in [5.41, 5.74) is 11.3. The predicted molar refractivity (Wildman–Crippen MR) is 217 cm³/mol. The highest BCUT2D eigenvalue weighted by molar-refractivity contribution is 6.14. The Kier molecular flexibility index (Phi) is 7.43. The van der Waals surface area contributed by atoms with Gasteiger partial charge in [-0.25, -0.2) is 15.0 Å². The van der Waals surface area contributed by atoms with E-state index in [-0.39, 0.29) is 0 Å². The minimum Gasteiger partial charge on any atom is -0.456 e. The Bertz CT molecular complexity index is 2940. The van der Waals surface area contributed by atoms with Gasteiger partial charge in [0.15, 0.2) is 17.5 Å². The van der Waals surface area contributed by atoms with Gasteiger partial charge in [-0.1, -0.05) is 170 Å². The van der Waals surface area contributed by atoms with Crippen LogP contribution in [0.4, 0.5) is 0 Å². The summed E-state index contributed by atoms with van der Waals surface area (Å²) in [7, 11) is 0. The zero-order valence-corrected chi connectivity index (χ0v) is 28.6. The molecule has 0 radical (unpaired) electrons. The summed E-state index contributed by atoms with van der Waals surface area (Å²) in [4.78, 5) is 15.3. The number of aromatic nitrogens is 3. The molecule has 248 valence electrons. The van der Waals surface area contributed by atoms with Crippen molar-refractivity contribution in [2.75, 3.05) is 0 Å². The number of benzene rings is 8. The van der Waals surface area contributed by atoms with Crippen LogP contribution in [0.15, 0.2) is 192 Å². The highest BCUT2D eigenvalue weighted by Crippen LogP contribution is 2.42. The first kappa shape index (κ1) is 30.6. The SMILES string of the molecule is c1ccc(-c2nc(-c3ccc4c(c3)oc3cccc(-c5ccccc5-c5ccccc5)c34)nc(-c3cccc4c(-c5ccccc5)cccc34)n2)cc1. The Balaban J connectivity index is 1.14. The van der Waals surface area contributed by atoms with E-state index in [1.165, 1.54) is 22.3 Å². The van der Waals surface area contributed by atoms with Gasteiger partial charge in [0.2, 0.25) is 0 Å². The Labute approximate surface area is 306 Å². The fourth-order valence-electron chi connectivity index (χ4n) is 7.49. The molecule has 0 fully saturated rings. The Hall–Kier alpha value is -7.17. The normalized spacial score (nSPS) is 11.4. The monoisotopic (exact) mass is 677 g/mol. The van der Waals surface area contributed by atoms with Gasteiger partial charge in [0.1, 0.15) is 11.2 Å². The summed E-state index contributed by atoms with van der Waals surface area (Å²) < 4.78 is 6.59. The first-order valence-corrected chi connectivity index (χ1v) is 17.8. The van der Waals surface area contributed by atoms with Gasteiger partial charge < -0.3 is 4.42 Å². The van der Waals surface area contributed by atoms with E-state index in [9.17, 15) is 0 Å². The molecule has 0 saturated heterocycles. The van der Waals surface area contributed by atoms with Gasteiger partial charge in [-0.15, -0.1) is 0 Å². The van der Waals surface area contributed by atoms with Crippen molar-refractivity contribution >= 4 is 32.7 Å². The summed E-state index contributed by atoms with van der Waals surface area (Å²) in [5.74, 6) is 1.82. The molecule has 2 aromatic heterocycles. The summed E-state index contributed by atoms with van der Waals surface area (Å²) >= 11 is 0. The van der Waals surface area contributed by atoms with Gasteiger partial charge in [-0.05, 0) is 62.4 Å². The maximum Gasteiger partial charge on any atom is 0.164 e. The molecule has 0 bridgehead atoms. The van der Waals surface area contributed by atoms with Crippen LogP contribution in [0.5, 0.6) is 0 Å². The molecule has 0 aliphatic rings. The topological polar surface area (TPSA) is 51.8 Å². The minimum absolute atomic E-state index is 0.585. The third-order valence-electron chi connectivity index (χ3n) is 9.97. The van der Waals surface area contributed by atoms with Gasteiger partial charge in [0.05, 0.1) is 0 Å². The van der Waals surface area contributed by atoms with Gasteiger partial charge >= 0.3 is 0 Å². The van der Waals surface area contributed by atoms with Crippen molar-refractivity contribution in [2.45, 2.75) is 0 Å². The molecule has 0 saturated carbocycles. The van der Waals surface area contributed by atoms with Gasteiger partial charge in [0.25, 0.3) is 0 Å². The van der Waals surface area contributed by atoms with Crippen LogP contribution in [0.25, 0.3) is 100 Å². The van der Waals surface area contributed by atoms with Crippen molar-refractivity contribution in [3.8, 4) is 67.5 Å². The summed E-state index contributed by atoms with van der Waals surface area (Å²) in [6, 6.07) is 65.1. The van der Waals surface area contributed by atoms with Crippen molar-refractivity contribution in [2.24, 2.45) is 0 Å². The van der Waals surface area contributed by atoms with Crippen LogP contribution in [-0.4, -0.2) is 15.0 Å². The molecule has 0 aliphatic heterocycles. The molecule has 53 heavy (non-hydrogen) atoms. The third kappa shape index (κ3) is 5.45. The first-order valence-electron chi connectivity index (χ1n) is 17.8. The average Bonchev–Trinajstić information content (AvgIpc) is 3.62. The second-order valence-corrected chi connectivity index (χ2v) is 13.1. The van der Waals surface area contributed by atoms with E-state index < -0.39 is 0 Å². The summed E-state index contributed by atoms with van der Waals surface area (Å²) in [6.45, 7) is 0. The van der Waals surface area contributed by atoms with Gasteiger partial charge in [0, 0.05) is 27.5 Å². The van der Waals surface area contributed by atoms with E-state index in [0.717, 1.165) is 60.5 Å². The van der Waals surface area contributed by atoms with Gasteiger partial charge in [-0.3, -0.25) is 0 Å². The smallest absolute Gasteiger partial charge is 0.164 e. The zero-order chi connectivity index (χ0) is 35.1. The Morgan fingerprint density at radius 3 is 1.51 bits per heavy atom. The lowest BCUT2D eigenvalue weighted by atomic mass is 9.92. The van der Waals surface area contributed by atoms with E-state index in [0.29, 0.717) is 17.5 Å². The maximum absolute atomic E-state index is 6.59. The fraction of sp³-hybridized carbons (Fsp3) is 0. The fourth-order valence-corrected chi connectivity index (χ4v) is 7.49. The van der Waals surface area contributed by atoms with Crippen molar-refractivity contribution in [3.63, 3.8) is 0 Å². The molecule has 4 heteroatoms. The minimum atomic E-state index is 0.585. The number of hydrogen-bond donors (Lipinski definition) is 0. The molecule has 10 rings (SSSR count). The van der Waals surface area contributed by atoms with Crippen LogP contribution in [0.3, 0.4) is 0 Å². The van der Waals surface area contributed by atoms with Gasteiger partial charge in [-0.2, -0.15) is 0 Å². The number of fused-ring (bicyclic) bond motifs is 4. The lowest BCUT2D eigenvalue weighted by molar-refractivity contribution is 0.669. The lowest BCUT2D eigenvalue weighted by Crippen LogP contribution is -2.00. The Morgan fingerprint density at radius 1 is 0.283 bits per heavy atom. The van der Waals surface area contributed by atoms with Crippen LogP contribution in [0.1, 0.15) is 0 Å². The van der Waals surface area contributed by atoms with E-state index in [1.807, 2.05) is 42.5 Å². The van der Waals surface area contributed by atoms with E-state index in [1.54, 1.807) is 0 Å². The molecule has 0 amide bonds. The number of hydrogen-bond acceptors (Lipinski definition) is 4. The molecule has 8 aromatic carbocycles. The molecule has 2 heterocycles. The third-order valence-corrected chi connectivity index (χ3v) is 9.97. The lowest BCUT2D eigenvalue weighted by Gasteiger charge is -2.12. The van der Waals surface area contributed by atoms with Crippen molar-refractivity contribution < 1.29 is 4.42 Å². The molecule has 0 spiro atoms. The van der Waals surface area contributed by atoms with Crippen LogP contribution >= 0.6 is 0 Å². The largest absolute Gasteiger partial charge is 0.456 e. The molecular formula is C49H31N3O. The Morgan fingerprint density at radius 2 is 0.792 bits per heavy atom. The standard InChI is InChI=1S/C49H31N3O/c1-4-15-32(16-5-1)36-21-10-11-22-39(36)41-26-14-28-44-46(41)43-30-29-35(31-45(43)53-44)48-50-47(34-19-8-3-9-20-34)51-49(52-48)42-27-13-24-38-37(23-12-25-40(38)42)33-17-6-2-7-18-33/h1-31H. The average molecular weight is 678 g/mol. The number of rotatable bonds is 6. The molecule has 0 aliphatic carbocycles. The quantitative estimate of drug-likeness (QED) is 0.176. The molecule has 0 atom stereocenters. The van der Waals surface area contributed by atoms with Crippen LogP contribution < -0.4 is 0 Å². The maximum atomic E-state index is 6.59. The highest BCUT2D eigenvalue weighted by Gasteiger charge is 2.19. The summed E-state index contributed by atoms with van der Waals surface area (Å²) in [6.07, 6.45) is 0. The van der Waals surface area contributed by atoms with E-state index >= 15 is 0 Å². The zero-order valence-electron chi connectivity index (χ0n) is 28.6. The molecule has 10 aromatic rings. The van der Waals surface area contributed by atoms with Crippen molar-refractivity contribution in [1.82, 2.24) is 15.0 Å². The first-order chi connectivity index (χ1) is 26.3. The molecular weight excluding hydrogens is 647 g/mol. The van der Waals surface area contributed by atoms with E-state index in [2.05, 4.69) is 146 Å². The number of furan rings is 1. The van der Waals surface area contributed by atoms with Crippen LogP contribution in [-0.2, 0) is 0 Å².